The van der Waals surface area contributed by atoms with Crippen LogP contribution in [0.5, 0.6) is 0 Å². The molecule has 1 aliphatic heterocycles. The second-order valence-electron chi connectivity index (χ2n) is 4.68. The van der Waals surface area contributed by atoms with Gasteiger partial charge in [0.15, 0.2) is 0 Å². The Hall–Kier alpha value is -0.320. The first-order valence-corrected chi connectivity index (χ1v) is 6.66. The highest BCUT2D eigenvalue weighted by molar-refractivity contribution is 9.10. The largest absolute Gasteiger partial charge is 0.467 e. The second-order valence-corrected chi connectivity index (χ2v) is 5.54. The van der Waals surface area contributed by atoms with Gasteiger partial charge in [-0.1, -0.05) is 6.92 Å². The van der Waals surface area contributed by atoms with Crippen LogP contribution in [-0.4, -0.2) is 24.0 Å². The molecule has 0 amide bonds. The highest BCUT2D eigenvalue weighted by Crippen LogP contribution is 2.26. The van der Waals surface area contributed by atoms with Crippen molar-refractivity contribution in [2.75, 3.05) is 13.1 Å². The lowest BCUT2D eigenvalue weighted by molar-refractivity contribution is 0.107. The number of likely N-dealkylation sites (tertiary alicyclic amines) is 1. The fraction of sp³-hybridized carbons (Fsp3) is 0.667. The molecule has 90 valence electrons. The maximum atomic E-state index is 5.84. The highest BCUT2D eigenvalue weighted by Gasteiger charge is 2.26. The average molecular weight is 287 g/mol. The Morgan fingerprint density at radius 2 is 2.44 bits per heavy atom. The molecule has 1 aromatic heterocycles. The SMILES string of the molecule is CC1CCN(Cc2occc2Br)C(CN)C1. The van der Waals surface area contributed by atoms with Gasteiger partial charge in [0.1, 0.15) is 5.76 Å². The van der Waals surface area contributed by atoms with Crippen LogP contribution in [-0.2, 0) is 6.54 Å². The lowest BCUT2D eigenvalue weighted by atomic mass is 9.92. The lowest BCUT2D eigenvalue weighted by Gasteiger charge is -2.37. The van der Waals surface area contributed by atoms with E-state index >= 15 is 0 Å². The minimum absolute atomic E-state index is 0.501. The van der Waals surface area contributed by atoms with Crippen LogP contribution in [0.2, 0.25) is 0 Å². The first kappa shape index (κ1) is 12.1. The van der Waals surface area contributed by atoms with Crippen molar-refractivity contribution in [1.29, 1.82) is 0 Å². The lowest BCUT2D eigenvalue weighted by Crippen LogP contribution is -2.45. The number of furan rings is 1. The van der Waals surface area contributed by atoms with E-state index in [9.17, 15) is 0 Å². The summed E-state index contributed by atoms with van der Waals surface area (Å²) in [4.78, 5) is 2.43. The fourth-order valence-electron chi connectivity index (χ4n) is 2.38. The fourth-order valence-corrected chi connectivity index (χ4v) is 2.70. The normalized spacial score (nSPS) is 27.2. The Labute approximate surface area is 105 Å². The molecule has 4 heteroatoms. The molecule has 1 aromatic rings. The Bertz CT molecular complexity index is 340. The molecule has 16 heavy (non-hydrogen) atoms. The summed E-state index contributed by atoms with van der Waals surface area (Å²) in [6.45, 7) is 5.03. The number of piperidine rings is 1. The second kappa shape index (κ2) is 5.34. The molecular weight excluding hydrogens is 268 g/mol. The maximum absolute atomic E-state index is 5.84. The molecule has 0 aliphatic carbocycles. The summed E-state index contributed by atoms with van der Waals surface area (Å²) in [7, 11) is 0. The zero-order valence-electron chi connectivity index (χ0n) is 9.66. The van der Waals surface area contributed by atoms with Gasteiger partial charge in [-0.05, 0) is 47.3 Å². The Morgan fingerprint density at radius 3 is 3.06 bits per heavy atom. The molecule has 0 spiro atoms. The molecule has 0 bridgehead atoms. The van der Waals surface area contributed by atoms with E-state index in [0.29, 0.717) is 6.04 Å². The van der Waals surface area contributed by atoms with Crippen LogP contribution in [0.1, 0.15) is 25.5 Å². The third-order valence-electron chi connectivity index (χ3n) is 3.41. The summed E-state index contributed by atoms with van der Waals surface area (Å²) < 4.78 is 6.51. The van der Waals surface area contributed by atoms with Crippen LogP contribution < -0.4 is 5.73 Å². The van der Waals surface area contributed by atoms with Crippen molar-refractivity contribution in [3.05, 3.63) is 22.6 Å². The Balaban J connectivity index is 2.01. The van der Waals surface area contributed by atoms with Gasteiger partial charge < -0.3 is 10.2 Å². The van der Waals surface area contributed by atoms with Crippen molar-refractivity contribution < 1.29 is 4.42 Å². The number of halogens is 1. The summed E-state index contributed by atoms with van der Waals surface area (Å²) in [6, 6.07) is 2.44. The van der Waals surface area contributed by atoms with Gasteiger partial charge in [0, 0.05) is 12.6 Å². The van der Waals surface area contributed by atoms with E-state index < -0.39 is 0 Å². The molecule has 0 radical (unpaired) electrons. The minimum atomic E-state index is 0.501. The van der Waals surface area contributed by atoms with E-state index in [2.05, 4.69) is 27.8 Å². The van der Waals surface area contributed by atoms with Crippen molar-refractivity contribution in [3.63, 3.8) is 0 Å². The van der Waals surface area contributed by atoms with Gasteiger partial charge in [0.25, 0.3) is 0 Å². The first-order chi connectivity index (χ1) is 7.70. The number of hydrogen-bond donors (Lipinski definition) is 1. The van der Waals surface area contributed by atoms with Gasteiger partial charge in [-0.3, -0.25) is 4.90 Å². The molecule has 2 rings (SSSR count). The number of hydrogen-bond acceptors (Lipinski definition) is 3. The zero-order chi connectivity index (χ0) is 11.5. The maximum Gasteiger partial charge on any atom is 0.131 e. The van der Waals surface area contributed by atoms with Crippen LogP contribution in [0.15, 0.2) is 21.2 Å². The quantitative estimate of drug-likeness (QED) is 0.929. The predicted molar refractivity (Wildman–Crippen MR) is 68.1 cm³/mol. The van der Waals surface area contributed by atoms with E-state index in [1.165, 1.54) is 12.8 Å². The number of rotatable bonds is 3. The number of nitrogens with zero attached hydrogens (tertiary/aromatic N) is 1. The molecule has 3 nitrogen and oxygen atoms in total. The average Bonchev–Trinajstić information content (AvgIpc) is 2.67. The molecule has 1 saturated heterocycles. The highest BCUT2D eigenvalue weighted by atomic mass is 79.9. The molecular formula is C12H19BrN2O. The Morgan fingerprint density at radius 1 is 1.62 bits per heavy atom. The Kier molecular flexibility index (Phi) is 4.05. The molecule has 2 unspecified atom stereocenters. The van der Waals surface area contributed by atoms with E-state index in [1.807, 2.05) is 6.07 Å². The zero-order valence-corrected chi connectivity index (χ0v) is 11.2. The topological polar surface area (TPSA) is 42.4 Å². The molecule has 1 fully saturated rings. The van der Waals surface area contributed by atoms with Crippen molar-refractivity contribution in [2.45, 2.75) is 32.4 Å². The summed E-state index contributed by atoms with van der Waals surface area (Å²) in [5, 5.41) is 0. The van der Waals surface area contributed by atoms with Crippen molar-refractivity contribution >= 4 is 15.9 Å². The molecule has 1 aliphatic rings. The van der Waals surface area contributed by atoms with Gasteiger partial charge in [-0.2, -0.15) is 0 Å². The third-order valence-corrected chi connectivity index (χ3v) is 4.12. The van der Waals surface area contributed by atoms with Crippen LogP contribution >= 0.6 is 15.9 Å². The molecule has 2 atom stereocenters. The predicted octanol–water partition coefficient (Wildman–Crippen LogP) is 2.60. The summed E-state index contributed by atoms with van der Waals surface area (Å²) in [5.74, 6) is 1.80. The van der Waals surface area contributed by atoms with Crippen molar-refractivity contribution in [3.8, 4) is 0 Å². The standard InChI is InChI=1S/C12H19BrN2O/c1-9-2-4-15(10(6-9)7-14)8-12-11(13)3-5-16-12/h3,5,9-10H,2,4,6-8,14H2,1H3. The smallest absolute Gasteiger partial charge is 0.131 e. The van der Waals surface area contributed by atoms with Gasteiger partial charge >= 0.3 is 0 Å². The van der Waals surface area contributed by atoms with Crippen LogP contribution in [0, 0.1) is 5.92 Å². The molecule has 0 aromatic carbocycles. The molecule has 2 N–H and O–H groups in total. The van der Waals surface area contributed by atoms with Gasteiger partial charge in [0.05, 0.1) is 17.3 Å². The van der Waals surface area contributed by atoms with E-state index in [-0.39, 0.29) is 0 Å². The minimum Gasteiger partial charge on any atom is -0.467 e. The van der Waals surface area contributed by atoms with Gasteiger partial charge in [-0.25, -0.2) is 0 Å². The third kappa shape index (κ3) is 2.67. The van der Waals surface area contributed by atoms with Gasteiger partial charge in [-0.15, -0.1) is 0 Å². The summed E-state index contributed by atoms with van der Waals surface area (Å²) in [6.07, 6.45) is 4.19. The monoisotopic (exact) mass is 286 g/mol. The molecule has 0 saturated carbocycles. The summed E-state index contributed by atoms with van der Waals surface area (Å²) in [5.41, 5.74) is 5.84. The van der Waals surface area contributed by atoms with Crippen LogP contribution in [0.3, 0.4) is 0 Å². The van der Waals surface area contributed by atoms with Crippen molar-refractivity contribution in [2.24, 2.45) is 11.7 Å². The number of nitrogens with two attached hydrogens (primary N) is 1. The first-order valence-electron chi connectivity index (χ1n) is 5.86. The van der Waals surface area contributed by atoms with Crippen LogP contribution in [0.25, 0.3) is 0 Å². The molecule has 2 heterocycles. The van der Waals surface area contributed by atoms with E-state index in [1.54, 1.807) is 6.26 Å². The summed E-state index contributed by atoms with van der Waals surface area (Å²) >= 11 is 3.50. The van der Waals surface area contributed by atoms with Crippen molar-refractivity contribution in [1.82, 2.24) is 4.90 Å². The van der Waals surface area contributed by atoms with E-state index in [0.717, 1.165) is 35.8 Å². The van der Waals surface area contributed by atoms with E-state index in [4.69, 9.17) is 10.2 Å². The van der Waals surface area contributed by atoms with Gasteiger partial charge in [0.2, 0.25) is 0 Å². The van der Waals surface area contributed by atoms with Crippen LogP contribution in [0.4, 0.5) is 0 Å².